The predicted octanol–water partition coefficient (Wildman–Crippen LogP) is -0.757. The van der Waals surface area contributed by atoms with Gasteiger partial charge in [-0.1, -0.05) is 0 Å². The lowest BCUT2D eigenvalue weighted by molar-refractivity contribution is -0.605. The highest BCUT2D eigenvalue weighted by Gasteiger charge is 2.23. The molecule has 0 aromatic carbocycles. The standard InChI is InChI=1S/C11H15N3O3/c1-11(2,13-10(16)9(12)15)7-8-3-5-14(17)6-4-8/h3-6H,7H2,1-2H3,(H2,12,15)(H,13,16). The molecule has 2 amide bonds. The molecule has 0 unspecified atom stereocenters. The third kappa shape index (κ3) is 4.10. The van der Waals surface area contributed by atoms with Gasteiger partial charge >= 0.3 is 11.8 Å². The van der Waals surface area contributed by atoms with Crippen molar-refractivity contribution in [1.82, 2.24) is 5.32 Å². The number of nitrogens with one attached hydrogen (secondary N) is 1. The number of hydrogen-bond acceptors (Lipinski definition) is 3. The maximum absolute atomic E-state index is 11.2. The van der Waals surface area contributed by atoms with Gasteiger partial charge in [0.2, 0.25) is 0 Å². The number of primary amides is 1. The Morgan fingerprint density at radius 3 is 2.41 bits per heavy atom. The van der Waals surface area contributed by atoms with E-state index >= 15 is 0 Å². The van der Waals surface area contributed by atoms with Gasteiger partial charge in [0.15, 0.2) is 12.4 Å². The first-order chi connectivity index (χ1) is 7.80. The zero-order valence-electron chi connectivity index (χ0n) is 9.77. The molecule has 0 radical (unpaired) electrons. The van der Waals surface area contributed by atoms with Gasteiger partial charge in [0, 0.05) is 17.7 Å². The van der Waals surface area contributed by atoms with Crippen molar-refractivity contribution in [3.8, 4) is 0 Å². The summed E-state index contributed by atoms with van der Waals surface area (Å²) in [6.45, 7) is 3.54. The highest BCUT2D eigenvalue weighted by atomic mass is 16.5. The summed E-state index contributed by atoms with van der Waals surface area (Å²) in [5.41, 5.74) is 5.13. The number of rotatable bonds is 3. The molecule has 0 aliphatic carbocycles. The van der Waals surface area contributed by atoms with Crippen molar-refractivity contribution in [2.45, 2.75) is 25.8 Å². The monoisotopic (exact) mass is 237 g/mol. The van der Waals surface area contributed by atoms with E-state index in [0.29, 0.717) is 11.2 Å². The van der Waals surface area contributed by atoms with Crippen LogP contribution < -0.4 is 15.8 Å². The molecule has 3 N–H and O–H groups in total. The summed E-state index contributed by atoms with van der Waals surface area (Å²) in [5, 5.41) is 13.4. The number of hydrogen-bond donors (Lipinski definition) is 2. The summed E-state index contributed by atoms with van der Waals surface area (Å²) in [6.07, 6.45) is 3.25. The number of carbonyl (C=O) groups is 2. The van der Waals surface area contributed by atoms with E-state index in [0.717, 1.165) is 5.56 Å². The van der Waals surface area contributed by atoms with Crippen LogP contribution in [-0.2, 0) is 16.0 Å². The van der Waals surface area contributed by atoms with Gasteiger partial charge in [-0.3, -0.25) is 9.59 Å². The van der Waals surface area contributed by atoms with Gasteiger partial charge in [-0.05, 0) is 25.8 Å². The van der Waals surface area contributed by atoms with Gasteiger partial charge in [-0.2, -0.15) is 4.73 Å². The number of amides is 2. The van der Waals surface area contributed by atoms with Gasteiger partial charge in [0.25, 0.3) is 0 Å². The van der Waals surface area contributed by atoms with E-state index in [1.165, 1.54) is 12.4 Å². The van der Waals surface area contributed by atoms with Crippen LogP contribution in [-0.4, -0.2) is 17.4 Å². The van der Waals surface area contributed by atoms with Crippen molar-refractivity contribution in [2.75, 3.05) is 0 Å². The normalized spacial score (nSPS) is 10.9. The highest BCUT2D eigenvalue weighted by Crippen LogP contribution is 2.11. The van der Waals surface area contributed by atoms with Gasteiger partial charge in [-0.25, -0.2) is 0 Å². The van der Waals surface area contributed by atoms with Gasteiger partial charge in [0.1, 0.15) is 0 Å². The first-order valence-electron chi connectivity index (χ1n) is 5.10. The maximum atomic E-state index is 11.2. The second-order valence-electron chi connectivity index (χ2n) is 4.45. The molecule has 6 nitrogen and oxygen atoms in total. The van der Waals surface area contributed by atoms with Crippen molar-refractivity contribution in [2.24, 2.45) is 5.73 Å². The summed E-state index contributed by atoms with van der Waals surface area (Å²) >= 11 is 0. The van der Waals surface area contributed by atoms with Crippen LogP contribution >= 0.6 is 0 Å². The fraction of sp³-hybridized carbons (Fsp3) is 0.364. The van der Waals surface area contributed by atoms with Crippen LogP contribution in [0.3, 0.4) is 0 Å². The molecule has 0 bridgehead atoms. The Morgan fingerprint density at radius 2 is 1.94 bits per heavy atom. The average molecular weight is 237 g/mol. The van der Waals surface area contributed by atoms with Crippen molar-refractivity contribution in [1.29, 1.82) is 0 Å². The Morgan fingerprint density at radius 1 is 1.41 bits per heavy atom. The van der Waals surface area contributed by atoms with Gasteiger partial charge < -0.3 is 16.3 Å². The lowest BCUT2D eigenvalue weighted by Crippen LogP contribution is -2.49. The Balaban J connectivity index is 2.69. The SMILES string of the molecule is CC(C)(Cc1cc[n+]([O-])cc1)NC(=O)C(N)=O. The molecule has 1 aromatic heterocycles. The molecule has 0 atom stereocenters. The van der Waals surface area contributed by atoms with Crippen LogP contribution in [0.15, 0.2) is 24.5 Å². The van der Waals surface area contributed by atoms with Crippen molar-refractivity contribution in [3.63, 3.8) is 0 Å². The molecule has 0 spiro atoms. The molecule has 0 aliphatic rings. The smallest absolute Gasteiger partial charge is 0.309 e. The molecule has 0 saturated heterocycles. The number of nitrogens with zero attached hydrogens (tertiary/aromatic N) is 1. The second kappa shape index (κ2) is 4.82. The second-order valence-corrected chi connectivity index (χ2v) is 4.45. The van der Waals surface area contributed by atoms with Crippen LogP contribution in [0.1, 0.15) is 19.4 Å². The van der Waals surface area contributed by atoms with Gasteiger partial charge in [0.05, 0.1) is 0 Å². The van der Waals surface area contributed by atoms with E-state index in [1.54, 1.807) is 26.0 Å². The number of nitrogens with two attached hydrogens (primary N) is 1. The molecular formula is C11H15N3O3. The van der Waals surface area contributed by atoms with Crippen molar-refractivity contribution < 1.29 is 14.3 Å². The summed E-state index contributed by atoms with van der Waals surface area (Å²) in [4.78, 5) is 21.8. The molecule has 0 saturated carbocycles. The van der Waals surface area contributed by atoms with Crippen molar-refractivity contribution in [3.05, 3.63) is 35.3 Å². The Kier molecular flexibility index (Phi) is 3.67. The van der Waals surface area contributed by atoms with E-state index in [2.05, 4.69) is 5.32 Å². The average Bonchev–Trinajstić information content (AvgIpc) is 2.20. The minimum atomic E-state index is -1.01. The fourth-order valence-corrected chi connectivity index (χ4v) is 1.48. The molecule has 0 aliphatic heterocycles. The first-order valence-corrected chi connectivity index (χ1v) is 5.10. The largest absolute Gasteiger partial charge is 0.619 e. The third-order valence-corrected chi connectivity index (χ3v) is 2.19. The Hall–Kier alpha value is -2.11. The van der Waals surface area contributed by atoms with Crippen LogP contribution in [0.2, 0.25) is 0 Å². The van der Waals surface area contributed by atoms with Crippen LogP contribution in [0, 0.1) is 5.21 Å². The number of carbonyl (C=O) groups excluding carboxylic acids is 2. The molecule has 1 rings (SSSR count). The Labute approximate surface area is 99.0 Å². The van der Waals surface area contributed by atoms with E-state index in [9.17, 15) is 14.8 Å². The highest BCUT2D eigenvalue weighted by molar-refractivity contribution is 6.34. The van der Waals surface area contributed by atoms with Crippen LogP contribution in [0.4, 0.5) is 0 Å². The lowest BCUT2D eigenvalue weighted by atomic mass is 9.95. The molecule has 1 heterocycles. The van der Waals surface area contributed by atoms with Gasteiger partial charge in [-0.15, -0.1) is 0 Å². The molecule has 17 heavy (non-hydrogen) atoms. The minimum Gasteiger partial charge on any atom is -0.619 e. The van der Waals surface area contributed by atoms with E-state index in [-0.39, 0.29) is 0 Å². The summed E-state index contributed by atoms with van der Waals surface area (Å²) in [7, 11) is 0. The van der Waals surface area contributed by atoms with E-state index < -0.39 is 17.4 Å². The maximum Gasteiger partial charge on any atom is 0.309 e. The number of aromatic nitrogens is 1. The zero-order valence-corrected chi connectivity index (χ0v) is 9.77. The summed E-state index contributed by atoms with van der Waals surface area (Å²) in [6, 6.07) is 3.32. The van der Waals surface area contributed by atoms with E-state index in [4.69, 9.17) is 5.73 Å². The van der Waals surface area contributed by atoms with Crippen LogP contribution in [0.5, 0.6) is 0 Å². The summed E-state index contributed by atoms with van der Waals surface area (Å²) < 4.78 is 0.679. The van der Waals surface area contributed by atoms with E-state index in [1.807, 2.05) is 0 Å². The zero-order chi connectivity index (χ0) is 13.1. The van der Waals surface area contributed by atoms with Crippen LogP contribution in [0.25, 0.3) is 0 Å². The topological polar surface area (TPSA) is 99.1 Å². The summed E-state index contributed by atoms with van der Waals surface area (Å²) in [5.74, 6) is -1.83. The lowest BCUT2D eigenvalue weighted by Gasteiger charge is -2.25. The quantitative estimate of drug-likeness (QED) is 0.410. The minimum absolute atomic E-state index is 0.493. The Bertz CT molecular complexity index is 426. The van der Waals surface area contributed by atoms with Crippen molar-refractivity contribution >= 4 is 11.8 Å². The fourth-order valence-electron chi connectivity index (χ4n) is 1.48. The molecule has 92 valence electrons. The predicted molar refractivity (Wildman–Crippen MR) is 60.5 cm³/mol. The number of pyridine rings is 1. The first kappa shape index (κ1) is 13.0. The molecule has 1 aromatic rings. The molecule has 6 heteroatoms. The molecular weight excluding hydrogens is 222 g/mol. The molecule has 0 fully saturated rings. The third-order valence-electron chi connectivity index (χ3n) is 2.19.